The average Bonchev–Trinajstić information content (AvgIpc) is 3.24. The molecule has 8 heteroatoms. The highest BCUT2D eigenvalue weighted by Gasteiger charge is 2.14. The van der Waals surface area contributed by atoms with Crippen LogP contribution in [0.5, 0.6) is 0 Å². The van der Waals surface area contributed by atoms with Gasteiger partial charge in [-0.3, -0.25) is 19.0 Å². The number of carbonyl (C=O) groups excluding carboxylic acids is 1. The van der Waals surface area contributed by atoms with E-state index in [1.165, 1.54) is 15.9 Å². The standard InChI is InChI=1S/C22H17N3O4S/c26-19(12-16-4-3-11-30-16)14-7-9-15(10-8-14)23-21-22(29)25(13-20(27)28)18-6-2-1-5-17(18)24-21/h1-11H,12-13H2,(H,23,24)(H,27,28). The van der Waals surface area contributed by atoms with Crippen LogP contribution in [0.1, 0.15) is 15.2 Å². The van der Waals surface area contributed by atoms with Crippen molar-refractivity contribution in [3.05, 3.63) is 86.8 Å². The zero-order chi connectivity index (χ0) is 21.1. The molecule has 4 aromatic rings. The lowest BCUT2D eigenvalue weighted by molar-refractivity contribution is -0.137. The van der Waals surface area contributed by atoms with Crippen molar-refractivity contribution in [1.82, 2.24) is 9.55 Å². The van der Waals surface area contributed by atoms with Crippen molar-refractivity contribution in [3.8, 4) is 0 Å². The number of nitrogens with one attached hydrogen (secondary N) is 1. The lowest BCUT2D eigenvalue weighted by Gasteiger charge is -2.12. The second kappa shape index (κ2) is 8.30. The molecule has 2 aromatic heterocycles. The minimum absolute atomic E-state index is 0.0108. The topological polar surface area (TPSA) is 101 Å². The van der Waals surface area contributed by atoms with Crippen LogP contribution in [-0.2, 0) is 17.8 Å². The normalized spacial score (nSPS) is 10.8. The molecule has 0 aliphatic heterocycles. The number of aliphatic carboxylic acids is 1. The van der Waals surface area contributed by atoms with Gasteiger partial charge in [0.15, 0.2) is 11.6 Å². The van der Waals surface area contributed by atoms with Gasteiger partial charge in [-0.25, -0.2) is 4.98 Å². The van der Waals surface area contributed by atoms with E-state index in [0.29, 0.717) is 28.7 Å². The van der Waals surface area contributed by atoms with E-state index in [0.717, 1.165) is 4.88 Å². The summed E-state index contributed by atoms with van der Waals surface area (Å²) in [5.41, 5.74) is 1.57. The van der Waals surface area contributed by atoms with Gasteiger partial charge in [-0.05, 0) is 47.8 Å². The minimum atomic E-state index is -1.12. The van der Waals surface area contributed by atoms with E-state index in [1.54, 1.807) is 48.5 Å². The highest BCUT2D eigenvalue weighted by Crippen LogP contribution is 2.18. The number of fused-ring (bicyclic) bond motifs is 1. The predicted octanol–water partition coefficient (Wildman–Crippen LogP) is 3.71. The Kier molecular flexibility index (Phi) is 5.40. The maximum atomic E-state index is 12.8. The largest absolute Gasteiger partial charge is 0.480 e. The fraction of sp³-hybridized carbons (Fsp3) is 0.0909. The van der Waals surface area contributed by atoms with Crippen molar-refractivity contribution < 1.29 is 14.7 Å². The van der Waals surface area contributed by atoms with Crippen LogP contribution in [0.15, 0.2) is 70.8 Å². The van der Waals surface area contributed by atoms with Crippen LogP contribution in [0, 0.1) is 0 Å². The molecule has 0 saturated carbocycles. The second-order valence-electron chi connectivity index (χ2n) is 6.62. The first-order valence-electron chi connectivity index (χ1n) is 9.15. The van der Waals surface area contributed by atoms with Gasteiger partial charge >= 0.3 is 5.97 Å². The highest BCUT2D eigenvalue weighted by molar-refractivity contribution is 7.10. The van der Waals surface area contributed by atoms with Gasteiger partial charge in [0, 0.05) is 22.5 Å². The number of para-hydroxylation sites is 2. The van der Waals surface area contributed by atoms with Crippen LogP contribution in [0.4, 0.5) is 11.5 Å². The molecule has 0 radical (unpaired) electrons. The number of anilines is 2. The third-order valence-electron chi connectivity index (χ3n) is 4.53. The Labute approximate surface area is 175 Å². The van der Waals surface area contributed by atoms with E-state index in [4.69, 9.17) is 0 Å². The van der Waals surface area contributed by atoms with Crippen LogP contribution in [-0.4, -0.2) is 26.4 Å². The molecule has 30 heavy (non-hydrogen) atoms. The number of benzene rings is 2. The Balaban J connectivity index is 1.61. The van der Waals surface area contributed by atoms with E-state index in [-0.39, 0.29) is 11.6 Å². The molecule has 0 spiro atoms. The third kappa shape index (κ3) is 4.13. The van der Waals surface area contributed by atoms with Gasteiger partial charge in [-0.2, -0.15) is 0 Å². The van der Waals surface area contributed by atoms with Crippen molar-refractivity contribution in [1.29, 1.82) is 0 Å². The molecule has 2 N–H and O–H groups in total. The zero-order valence-electron chi connectivity index (χ0n) is 15.7. The maximum absolute atomic E-state index is 12.8. The highest BCUT2D eigenvalue weighted by atomic mass is 32.1. The molecule has 0 bridgehead atoms. The van der Waals surface area contributed by atoms with Crippen molar-refractivity contribution >= 4 is 45.6 Å². The Morgan fingerprint density at radius 1 is 1.03 bits per heavy atom. The summed E-state index contributed by atoms with van der Waals surface area (Å²) in [4.78, 5) is 41.8. The molecule has 4 rings (SSSR count). The van der Waals surface area contributed by atoms with Crippen LogP contribution in [0.25, 0.3) is 11.0 Å². The molecular weight excluding hydrogens is 402 g/mol. The first-order valence-corrected chi connectivity index (χ1v) is 10.0. The molecule has 2 aromatic carbocycles. The zero-order valence-corrected chi connectivity index (χ0v) is 16.6. The number of thiophene rings is 1. The van der Waals surface area contributed by atoms with Crippen molar-refractivity contribution in [2.75, 3.05) is 5.32 Å². The molecule has 0 amide bonds. The van der Waals surface area contributed by atoms with Crippen LogP contribution in [0.3, 0.4) is 0 Å². The van der Waals surface area contributed by atoms with Crippen LogP contribution in [0.2, 0.25) is 0 Å². The van der Waals surface area contributed by atoms with Gasteiger partial charge in [0.05, 0.1) is 11.0 Å². The summed E-state index contributed by atoms with van der Waals surface area (Å²) in [6.07, 6.45) is 0.344. The first kappa shape index (κ1) is 19.5. The lowest BCUT2D eigenvalue weighted by Crippen LogP contribution is -2.27. The summed E-state index contributed by atoms with van der Waals surface area (Å²) in [7, 11) is 0. The lowest BCUT2D eigenvalue weighted by atomic mass is 10.1. The molecule has 0 fully saturated rings. The number of Topliss-reactive ketones (excluding diaryl/α,β-unsaturated/α-hetero) is 1. The number of ketones is 1. The van der Waals surface area contributed by atoms with Gasteiger partial charge < -0.3 is 10.4 Å². The number of carboxylic acid groups (broad SMARTS) is 1. The third-order valence-corrected chi connectivity index (χ3v) is 5.41. The number of hydrogen-bond acceptors (Lipinski definition) is 6. The smallest absolute Gasteiger partial charge is 0.323 e. The first-order chi connectivity index (χ1) is 14.5. The van der Waals surface area contributed by atoms with Gasteiger partial charge in [0.2, 0.25) is 0 Å². The summed E-state index contributed by atoms with van der Waals surface area (Å²) in [5, 5.41) is 14.1. The van der Waals surface area contributed by atoms with E-state index >= 15 is 0 Å². The fourth-order valence-corrected chi connectivity index (χ4v) is 3.82. The fourth-order valence-electron chi connectivity index (χ4n) is 3.12. The van der Waals surface area contributed by atoms with Crippen molar-refractivity contribution in [2.45, 2.75) is 13.0 Å². The Morgan fingerprint density at radius 3 is 2.50 bits per heavy atom. The summed E-state index contributed by atoms with van der Waals surface area (Å²) >= 11 is 1.54. The van der Waals surface area contributed by atoms with Gasteiger partial charge in [0.1, 0.15) is 6.54 Å². The summed E-state index contributed by atoms with van der Waals surface area (Å²) < 4.78 is 1.17. The second-order valence-corrected chi connectivity index (χ2v) is 7.65. The molecule has 0 unspecified atom stereocenters. The molecule has 0 aliphatic carbocycles. The molecule has 0 aliphatic rings. The molecule has 0 saturated heterocycles. The quantitative estimate of drug-likeness (QED) is 0.443. The number of aromatic nitrogens is 2. The molecular formula is C22H17N3O4S. The number of rotatable bonds is 7. The van der Waals surface area contributed by atoms with Gasteiger partial charge in [-0.15, -0.1) is 11.3 Å². The SMILES string of the molecule is O=C(O)Cn1c(=O)c(Nc2ccc(C(=O)Cc3cccs3)cc2)nc2ccccc21. The van der Waals surface area contributed by atoms with E-state index < -0.39 is 18.1 Å². The van der Waals surface area contributed by atoms with Crippen molar-refractivity contribution in [2.24, 2.45) is 0 Å². The minimum Gasteiger partial charge on any atom is -0.480 e. The summed E-state index contributed by atoms with van der Waals surface area (Å²) in [6, 6.07) is 17.5. The molecule has 150 valence electrons. The van der Waals surface area contributed by atoms with Gasteiger partial charge in [-0.1, -0.05) is 18.2 Å². The monoisotopic (exact) mass is 419 g/mol. The molecule has 2 heterocycles. The average molecular weight is 419 g/mol. The Morgan fingerprint density at radius 2 is 1.80 bits per heavy atom. The number of carboxylic acids is 1. The number of carbonyl (C=O) groups is 2. The van der Waals surface area contributed by atoms with E-state index in [9.17, 15) is 19.5 Å². The Hall–Kier alpha value is -3.78. The summed E-state index contributed by atoms with van der Waals surface area (Å²) in [5.74, 6) is -1.09. The number of hydrogen-bond donors (Lipinski definition) is 2. The predicted molar refractivity (Wildman–Crippen MR) is 116 cm³/mol. The van der Waals surface area contributed by atoms with E-state index in [1.807, 2.05) is 17.5 Å². The number of nitrogens with zero attached hydrogens (tertiary/aromatic N) is 2. The molecule has 0 atom stereocenters. The van der Waals surface area contributed by atoms with Crippen molar-refractivity contribution in [3.63, 3.8) is 0 Å². The molecule has 7 nitrogen and oxygen atoms in total. The van der Waals surface area contributed by atoms with Crippen LogP contribution < -0.4 is 10.9 Å². The maximum Gasteiger partial charge on any atom is 0.323 e. The van der Waals surface area contributed by atoms with Crippen LogP contribution >= 0.6 is 11.3 Å². The Bertz CT molecular complexity index is 1280. The van der Waals surface area contributed by atoms with Gasteiger partial charge in [0.25, 0.3) is 5.56 Å². The summed E-state index contributed by atoms with van der Waals surface area (Å²) in [6.45, 7) is -0.466. The van der Waals surface area contributed by atoms with E-state index in [2.05, 4.69) is 10.3 Å².